The molecular formula is C25H38N2O2. The van der Waals surface area contributed by atoms with E-state index in [9.17, 15) is 9.90 Å². The Morgan fingerprint density at radius 3 is 2.41 bits per heavy atom. The van der Waals surface area contributed by atoms with Gasteiger partial charge in [0.2, 0.25) is 0 Å². The molecule has 1 aromatic heterocycles. The van der Waals surface area contributed by atoms with Gasteiger partial charge in [-0.3, -0.25) is 4.79 Å². The highest BCUT2D eigenvalue weighted by molar-refractivity contribution is 5.81. The third-order valence-electron chi connectivity index (χ3n) is 7.01. The first-order valence-corrected chi connectivity index (χ1v) is 11.1. The van der Waals surface area contributed by atoms with Crippen LogP contribution in [0.3, 0.4) is 0 Å². The molecule has 1 N–H and O–H groups in total. The zero-order valence-electron chi connectivity index (χ0n) is 19.3. The number of Topliss-reactive ketones (excluding diaryl/α,β-unsaturated/α-hetero) is 1. The summed E-state index contributed by atoms with van der Waals surface area (Å²) in [5.74, 6) is 1.49. The van der Waals surface area contributed by atoms with Gasteiger partial charge in [-0.15, -0.1) is 0 Å². The highest BCUT2D eigenvalue weighted by Gasteiger charge is 2.37. The average Bonchev–Trinajstić information content (AvgIpc) is 2.95. The minimum atomic E-state index is -0.876. The normalized spacial score (nSPS) is 17.9. The molecule has 29 heavy (non-hydrogen) atoms. The van der Waals surface area contributed by atoms with Crippen molar-refractivity contribution in [3.8, 4) is 0 Å². The first-order valence-electron chi connectivity index (χ1n) is 11.1. The number of carbonyl (C=O) groups excluding carboxylic acids is 1. The Kier molecular flexibility index (Phi) is 5.72. The minimum Gasteiger partial charge on any atom is -0.386 e. The molecular weight excluding hydrogens is 360 g/mol. The first-order chi connectivity index (χ1) is 13.3. The van der Waals surface area contributed by atoms with Gasteiger partial charge in [-0.1, -0.05) is 33.8 Å². The van der Waals surface area contributed by atoms with E-state index in [1.54, 1.807) is 0 Å². The molecule has 4 heteroatoms. The topological polar surface area (TPSA) is 55.1 Å². The Morgan fingerprint density at radius 1 is 1.24 bits per heavy atom. The number of fused-ring (bicyclic) bond motifs is 1. The van der Waals surface area contributed by atoms with E-state index >= 15 is 0 Å². The van der Waals surface area contributed by atoms with E-state index < -0.39 is 5.60 Å². The van der Waals surface area contributed by atoms with Crippen molar-refractivity contribution in [2.45, 2.75) is 98.1 Å². The van der Waals surface area contributed by atoms with E-state index in [2.05, 4.69) is 38.3 Å². The van der Waals surface area contributed by atoms with Crippen LogP contribution in [0.1, 0.15) is 92.0 Å². The smallest absolute Gasteiger partial charge is 0.136 e. The van der Waals surface area contributed by atoms with E-state index in [0.717, 1.165) is 48.1 Å². The molecule has 0 amide bonds. The summed E-state index contributed by atoms with van der Waals surface area (Å²) >= 11 is 0. The fraction of sp³-hybridized carbons (Fsp3) is 0.680. The van der Waals surface area contributed by atoms with Gasteiger partial charge in [0.25, 0.3) is 0 Å². The van der Waals surface area contributed by atoms with Crippen molar-refractivity contribution in [1.82, 2.24) is 9.55 Å². The summed E-state index contributed by atoms with van der Waals surface area (Å²) in [6.07, 6.45) is 5.79. The van der Waals surface area contributed by atoms with Gasteiger partial charge in [0, 0.05) is 24.3 Å². The lowest BCUT2D eigenvalue weighted by molar-refractivity contribution is -0.125. The first kappa shape index (κ1) is 22.0. The van der Waals surface area contributed by atoms with Crippen molar-refractivity contribution >= 4 is 16.8 Å². The third kappa shape index (κ3) is 4.42. The van der Waals surface area contributed by atoms with Gasteiger partial charge < -0.3 is 9.67 Å². The molecule has 1 aliphatic carbocycles. The minimum absolute atomic E-state index is 0.0110. The molecule has 0 radical (unpaired) electrons. The SMILES string of the molecule is C[C@H](C(=O)CCCc1nc2ccc(C(C)(C)O)cc2n1C1(C)CCC1)C(C)(C)C. The number of rotatable bonds is 7. The van der Waals surface area contributed by atoms with Crippen molar-refractivity contribution in [2.24, 2.45) is 11.3 Å². The van der Waals surface area contributed by atoms with Crippen LogP contribution in [0.5, 0.6) is 0 Å². The maximum absolute atomic E-state index is 12.6. The number of nitrogens with zero attached hydrogens (tertiary/aromatic N) is 2. The molecule has 1 saturated carbocycles. The molecule has 0 aliphatic heterocycles. The van der Waals surface area contributed by atoms with E-state index in [1.165, 1.54) is 6.42 Å². The van der Waals surface area contributed by atoms with E-state index in [1.807, 2.05) is 32.9 Å². The lowest BCUT2D eigenvalue weighted by atomic mass is 9.77. The Hall–Kier alpha value is -1.68. The number of imidazole rings is 1. The van der Waals surface area contributed by atoms with Gasteiger partial charge >= 0.3 is 0 Å². The van der Waals surface area contributed by atoms with E-state index in [4.69, 9.17) is 4.98 Å². The van der Waals surface area contributed by atoms with Gasteiger partial charge in [-0.2, -0.15) is 0 Å². The van der Waals surface area contributed by atoms with Crippen molar-refractivity contribution in [1.29, 1.82) is 0 Å². The number of aryl methyl sites for hydroxylation is 1. The number of hydrogen-bond donors (Lipinski definition) is 1. The Balaban J connectivity index is 1.88. The van der Waals surface area contributed by atoms with Gasteiger partial charge in [-0.05, 0) is 69.6 Å². The van der Waals surface area contributed by atoms with Crippen molar-refractivity contribution in [3.05, 3.63) is 29.6 Å². The summed E-state index contributed by atoms with van der Waals surface area (Å²) in [4.78, 5) is 17.5. The van der Waals surface area contributed by atoms with Crippen LogP contribution in [0.15, 0.2) is 18.2 Å². The summed E-state index contributed by atoms with van der Waals surface area (Å²) in [6.45, 7) is 14.4. The summed E-state index contributed by atoms with van der Waals surface area (Å²) < 4.78 is 2.40. The van der Waals surface area contributed by atoms with Crippen LogP contribution >= 0.6 is 0 Å². The molecule has 2 aromatic rings. The fourth-order valence-electron chi connectivity index (χ4n) is 4.31. The van der Waals surface area contributed by atoms with Gasteiger partial charge in [0.1, 0.15) is 11.6 Å². The highest BCUT2D eigenvalue weighted by Crippen LogP contribution is 2.42. The molecule has 1 fully saturated rings. The number of aliphatic hydroxyl groups is 1. The highest BCUT2D eigenvalue weighted by atomic mass is 16.3. The quantitative estimate of drug-likeness (QED) is 0.647. The molecule has 1 aromatic carbocycles. The Morgan fingerprint density at radius 2 is 1.90 bits per heavy atom. The van der Waals surface area contributed by atoms with Crippen LogP contribution in [0.2, 0.25) is 0 Å². The van der Waals surface area contributed by atoms with Gasteiger partial charge in [-0.25, -0.2) is 4.98 Å². The largest absolute Gasteiger partial charge is 0.386 e. The molecule has 0 unspecified atom stereocenters. The van der Waals surface area contributed by atoms with Gasteiger partial charge in [0.15, 0.2) is 0 Å². The molecule has 160 valence electrons. The fourth-order valence-corrected chi connectivity index (χ4v) is 4.31. The van der Waals surface area contributed by atoms with Crippen LogP contribution in [0.4, 0.5) is 0 Å². The number of benzene rings is 1. The summed E-state index contributed by atoms with van der Waals surface area (Å²) in [6, 6.07) is 6.10. The molecule has 0 bridgehead atoms. The standard InChI is InChI=1S/C25H38N2O2/c1-17(23(2,3)4)21(28)10-8-11-22-26-19-13-12-18(24(5,6)29)16-20(19)27(22)25(7)14-9-15-25/h12-13,16-17,29H,8-11,14-15H2,1-7H3/t17-/m1/s1. The Labute approximate surface area is 175 Å². The third-order valence-corrected chi connectivity index (χ3v) is 7.01. The molecule has 0 saturated heterocycles. The van der Waals surface area contributed by atoms with Gasteiger partial charge in [0.05, 0.1) is 16.6 Å². The number of aromatic nitrogens is 2. The second-order valence-electron chi connectivity index (χ2n) is 10.9. The van der Waals surface area contributed by atoms with Crippen LogP contribution in [0, 0.1) is 11.3 Å². The summed E-state index contributed by atoms with van der Waals surface area (Å²) in [5, 5.41) is 10.5. The van der Waals surface area contributed by atoms with Crippen molar-refractivity contribution in [3.63, 3.8) is 0 Å². The monoisotopic (exact) mass is 398 g/mol. The maximum atomic E-state index is 12.6. The Bertz CT molecular complexity index is 892. The molecule has 0 spiro atoms. The number of hydrogen-bond acceptors (Lipinski definition) is 3. The second kappa shape index (κ2) is 7.54. The maximum Gasteiger partial charge on any atom is 0.136 e. The lowest BCUT2D eigenvalue weighted by Gasteiger charge is -2.41. The molecule has 3 rings (SSSR count). The zero-order chi connectivity index (χ0) is 21.6. The summed E-state index contributed by atoms with van der Waals surface area (Å²) in [7, 11) is 0. The summed E-state index contributed by atoms with van der Waals surface area (Å²) in [5.41, 5.74) is 2.23. The molecule has 1 atom stereocenters. The predicted molar refractivity (Wildman–Crippen MR) is 119 cm³/mol. The predicted octanol–water partition coefficient (Wildman–Crippen LogP) is 5.74. The van der Waals surface area contributed by atoms with Crippen molar-refractivity contribution in [2.75, 3.05) is 0 Å². The zero-order valence-corrected chi connectivity index (χ0v) is 19.3. The second-order valence-corrected chi connectivity index (χ2v) is 10.9. The number of carbonyl (C=O) groups is 1. The van der Waals surface area contributed by atoms with E-state index in [0.29, 0.717) is 12.2 Å². The van der Waals surface area contributed by atoms with Crippen molar-refractivity contribution < 1.29 is 9.90 Å². The van der Waals surface area contributed by atoms with Crippen LogP contribution in [0.25, 0.3) is 11.0 Å². The molecule has 4 nitrogen and oxygen atoms in total. The molecule has 1 aliphatic rings. The molecule has 1 heterocycles. The van der Waals surface area contributed by atoms with Crippen LogP contribution in [-0.2, 0) is 22.4 Å². The lowest BCUT2D eigenvalue weighted by Crippen LogP contribution is -2.38. The van der Waals surface area contributed by atoms with Crippen LogP contribution < -0.4 is 0 Å². The van der Waals surface area contributed by atoms with Crippen LogP contribution in [-0.4, -0.2) is 20.4 Å². The van der Waals surface area contributed by atoms with E-state index in [-0.39, 0.29) is 16.9 Å². The average molecular weight is 399 g/mol. The number of ketones is 1.